The summed E-state index contributed by atoms with van der Waals surface area (Å²) in [5.41, 5.74) is 0. The molecule has 0 unspecified atom stereocenters. The molecule has 6 heteroatoms. The van der Waals surface area contributed by atoms with Crippen molar-refractivity contribution in [3.8, 4) is 0 Å². The number of carbonyl (C=O) groups is 2. The average molecular weight is 242 g/mol. The molecule has 0 aliphatic carbocycles. The number of likely N-dealkylation sites (N-methyl/N-ethyl adjacent to an activating group) is 1. The minimum atomic E-state index is -0.168. The summed E-state index contributed by atoms with van der Waals surface area (Å²) in [5.74, 6) is 0.496. The Labute approximate surface area is 102 Å². The molecule has 0 aromatic heterocycles. The Balaban J connectivity index is 2.32. The van der Waals surface area contributed by atoms with E-state index in [0.717, 1.165) is 19.5 Å². The molecule has 0 bridgehead atoms. The SMILES string of the molecule is CNC(=O)NC[C@H]1CCN(C(=O)[C@H](C)NC)C1. The third kappa shape index (κ3) is 3.89. The van der Waals surface area contributed by atoms with Gasteiger partial charge >= 0.3 is 6.03 Å². The zero-order valence-electron chi connectivity index (χ0n) is 10.7. The van der Waals surface area contributed by atoms with E-state index in [1.165, 1.54) is 0 Å². The number of amides is 3. The molecule has 3 N–H and O–H groups in total. The highest BCUT2D eigenvalue weighted by Crippen LogP contribution is 2.16. The summed E-state index contributed by atoms with van der Waals surface area (Å²) in [4.78, 5) is 24.8. The second kappa shape index (κ2) is 6.44. The van der Waals surface area contributed by atoms with E-state index in [1.807, 2.05) is 11.8 Å². The van der Waals surface area contributed by atoms with Crippen molar-refractivity contribution in [2.24, 2.45) is 5.92 Å². The van der Waals surface area contributed by atoms with Crippen LogP contribution in [0, 0.1) is 5.92 Å². The van der Waals surface area contributed by atoms with Crippen molar-refractivity contribution >= 4 is 11.9 Å². The van der Waals surface area contributed by atoms with Crippen molar-refractivity contribution in [1.82, 2.24) is 20.9 Å². The molecule has 1 aliphatic heterocycles. The number of urea groups is 1. The molecular weight excluding hydrogens is 220 g/mol. The molecule has 0 saturated carbocycles. The molecule has 1 rings (SSSR count). The van der Waals surface area contributed by atoms with Crippen molar-refractivity contribution in [3.63, 3.8) is 0 Å². The fourth-order valence-electron chi connectivity index (χ4n) is 1.92. The van der Waals surface area contributed by atoms with Crippen LogP contribution < -0.4 is 16.0 Å². The van der Waals surface area contributed by atoms with Crippen molar-refractivity contribution in [2.45, 2.75) is 19.4 Å². The topological polar surface area (TPSA) is 73.5 Å². The van der Waals surface area contributed by atoms with Crippen LogP contribution in [0.4, 0.5) is 4.79 Å². The maximum atomic E-state index is 11.9. The second-order valence-corrected chi connectivity index (χ2v) is 4.41. The van der Waals surface area contributed by atoms with Gasteiger partial charge in [0.25, 0.3) is 0 Å². The molecule has 1 aliphatic rings. The van der Waals surface area contributed by atoms with Gasteiger partial charge in [0.1, 0.15) is 0 Å². The molecule has 1 heterocycles. The van der Waals surface area contributed by atoms with Gasteiger partial charge in [-0.15, -0.1) is 0 Å². The molecule has 98 valence electrons. The van der Waals surface area contributed by atoms with E-state index in [9.17, 15) is 9.59 Å². The van der Waals surface area contributed by atoms with E-state index in [1.54, 1.807) is 14.1 Å². The molecule has 0 spiro atoms. The summed E-state index contributed by atoms with van der Waals surface area (Å²) in [6.07, 6.45) is 0.951. The fraction of sp³-hybridized carbons (Fsp3) is 0.818. The minimum absolute atomic E-state index is 0.134. The Hall–Kier alpha value is -1.30. The van der Waals surface area contributed by atoms with Gasteiger partial charge in [0.15, 0.2) is 0 Å². The summed E-state index contributed by atoms with van der Waals surface area (Å²) >= 11 is 0. The number of hydrogen-bond donors (Lipinski definition) is 3. The van der Waals surface area contributed by atoms with Crippen LogP contribution in [0.15, 0.2) is 0 Å². The molecule has 17 heavy (non-hydrogen) atoms. The maximum Gasteiger partial charge on any atom is 0.314 e. The molecule has 0 aromatic rings. The molecule has 0 aromatic carbocycles. The van der Waals surface area contributed by atoms with Gasteiger partial charge in [-0.05, 0) is 26.3 Å². The summed E-state index contributed by atoms with van der Waals surface area (Å²) in [7, 11) is 3.37. The predicted molar refractivity (Wildman–Crippen MR) is 65.7 cm³/mol. The van der Waals surface area contributed by atoms with E-state index < -0.39 is 0 Å². The molecule has 2 atom stereocenters. The van der Waals surface area contributed by atoms with Crippen LogP contribution in [0.3, 0.4) is 0 Å². The average Bonchev–Trinajstić information content (AvgIpc) is 2.82. The van der Waals surface area contributed by atoms with Crippen molar-refractivity contribution in [1.29, 1.82) is 0 Å². The lowest BCUT2D eigenvalue weighted by molar-refractivity contribution is -0.131. The van der Waals surface area contributed by atoms with Crippen LogP contribution in [0.1, 0.15) is 13.3 Å². The van der Waals surface area contributed by atoms with Crippen LogP contribution in [0.25, 0.3) is 0 Å². The van der Waals surface area contributed by atoms with Gasteiger partial charge < -0.3 is 20.9 Å². The molecular formula is C11H22N4O2. The highest BCUT2D eigenvalue weighted by atomic mass is 16.2. The molecule has 3 amide bonds. The monoisotopic (exact) mass is 242 g/mol. The molecule has 6 nitrogen and oxygen atoms in total. The number of rotatable bonds is 4. The first-order chi connectivity index (χ1) is 8.08. The van der Waals surface area contributed by atoms with Crippen LogP contribution in [0.2, 0.25) is 0 Å². The van der Waals surface area contributed by atoms with Gasteiger partial charge in [-0.2, -0.15) is 0 Å². The quantitative estimate of drug-likeness (QED) is 0.614. The Morgan fingerprint density at radius 2 is 2.12 bits per heavy atom. The van der Waals surface area contributed by atoms with Gasteiger partial charge in [0.2, 0.25) is 5.91 Å². The highest BCUT2D eigenvalue weighted by molar-refractivity contribution is 5.81. The molecule has 0 radical (unpaired) electrons. The lowest BCUT2D eigenvalue weighted by atomic mass is 10.1. The normalized spacial score (nSPS) is 21.1. The smallest absolute Gasteiger partial charge is 0.314 e. The minimum Gasteiger partial charge on any atom is -0.341 e. The van der Waals surface area contributed by atoms with Crippen LogP contribution in [-0.4, -0.2) is 56.6 Å². The van der Waals surface area contributed by atoms with Gasteiger partial charge in [-0.1, -0.05) is 0 Å². The Morgan fingerprint density at radius 3 is 2.71 bits per heavy atom. The lowest BCUT2D eigenvalue weighted by Crippen LogP contribution is -2.43. The van der Waals surface area contributed by atoms with Crippen molar-refractivity contribution < 1.29 is 9.59 Å². The lowest BCUT2D eigenvalue weighted by Gasteiger charge is -2.20. The van der Waals surface area contributed by atoms with Crippen LogP contribution in [0.5, 0.6) is 0 Å². The standard InChI is InChI=1S/C11H22N4O2/c1-8(12-2)10(16)15-5-4-9(7-15)6-14-11(17)13-3/h8-9,12H,4-7H2,1-3H3,(H2,13,14,17)/t8-,9+/m0/s1. The number of likely N-dealkylation sites (tertiary alicyclic amines) is 1. The third-order valence-corrected chi connectivity index (χ3v) is 3.18. The van der Waals surface area contributed by atoms with Gasteiger partial charge in [-0.3, -0.25) is 4.79 Å². The van der Waals surface area contributed by atoms with Gasteiger partial charge in [-0.25, -0.2) is 4.79 Å². The van der Waals surface area contributed by atoms with Gasteiger partial charge in [0, 0.05) is 26.7 Å². The fourth-order valence-corrected chi connectivity index (χ4v) is 1.92. The number of nitrogens with zero attached hydrogens (tertiary/aromatic N) is 1. The van der Waals surface area contributed by atoms with Crippen LogP contribution in [-0.2, 0) is 4.79 Å². The van der Waals surface area contributed by atoms with E-state index in [0.29, 0.717) is 12.5 Å². The summed E-state index contributed by atoms with van der Waals surface area (Å²) in [5, 5.41) is 8.23. The summed E-state index contributed by atoms with van der Waals surface area (Å²) in [6.45, 7) is 4.00. The largest absolute Gasteiger partial charge is 0.341 e. The predicted octanol–water partition coefficient (Wildman–Crippen LogP) is -0.628. The van der Waals surface area contributed by atoms with Crippen LogP contribution >= 0.6 is 0 Å². The number of carbonyl (C=O) groups excluding carboxylic acids is 2. The van der Waals surface area contributed by atoms with E-state index in [2.05, 4.69) is 16.0 Å². The van der Waals surface area contributed by atoms with E-state index >= 15 is 0 Å². The first-order valence-corrected chi connectivity index (χ1v) is 6.00. The highest BCUT2D eigenvalue weighted by Gasteiger charge is 2.28. The van der Waals surface area contributed by atoms with E-state index in [-0.39, 0.29) is 18.0 Å². The first kappa shape index (κ1) is 13.8. The third-order valence-electron chi connectivity index (χ3n) is 3.18. The Kier molecular flexibility index (Phi) is 5.21. The summed E-state index contributed by atoms with van der Waals surface area (Å²) in [6, 6.07) is -0.306. The van der Waals surface area contributed by atoms with Crippen molar-refractivity contribution in [2.75, 3.05) is 33.7 Å². The number of nitrogens with one attached hydrogen (secondary N) is 3. The Bertz CT molecular complexity index is 283. The summed E-state index contributed by atoms with van der Waals surface area (Å²) < 4.78 is 0. The Morgan fingerprint density at radius 1 is 1.41 bits per heavy atom. The number of hydrogen-bond acceptors (Lipinski definition) is 3. The van der Waals surface area contributed by atoms with E-state index in [4.69, 9.17) is 0 Å². The zero-order valence-corrected chi connectivity index (χ0v) is 10.7. The van der Waals surface area contributed by atoms with Crippen molar-refractivity contribution in [3.05, 3.63) is 0 Å². The molecule has 1 saturated heterocycles. The maximum absolute atomic E-state index is 11.9. The second-order valence-electron chi connectivity index (χ2n) is 4.41. The zero-order chi connectivity index (χ0) is 12.8. The van der Waals surface area contributed by atoms with Gasteiger partial charge in [0.05, 0.1) is 6.04 Å². The first-order valence-electron chi connectivity index (χ1n) is 6.00. The molecule has 1 fully saturated rings.